The second-order valence-corrected chi connectivity index (χ2v) is 3.69. The van der Waals surface area contributed by atoms with Gasteiger partial charge >= 0.3 is 6.09 Å². The Morgan fingerprint density at radius 1 is 1.38 bits per heavy atom. The van der Waals surface area contributed by atoms with Crippen molar-refractivity contribution in [2.24, 2.45) is 5.16 Å². The van der Waals surface area contributed by atoms with Crippen molar-refractivity contribution in [2.45, 2.75) is 26.4 Å². The molecule has 2 amide bonds. The third kappa shape index (κ3) is 5.59. The van der Waals surface area contributed by atoms with E-state index in [4.69, 9.17) is 10.00 Å². The molecule has 1 N–H and O–H groups in total. The van der Waals surface area contributed by atoms with Crippen molar-refractivity contribution < 1.29 is 19.2 Å². The summed E-state index contributed by atoms with van der Waals surface area (Å²) >= 11 is 0. The Morgan fingerprint density at radius 3 is 2.31 bits per heavy atom. The molecule has 0 rings (SSSR count). The Balaban J connectivity index is 4.42. The largest absolute Gasteiger partial charge is 0.444 e. The molecule has 0 fully saturated rings. The number of nitrogens with zero attached hydrogens (tertiary/aromatic N) is 2. The summed E-state index contributed by atoms with van der Waals surface area (Å²) < 4.78 is 4.81. The maximum atomic E-state index is 11.2. The van der Waals surface area contributed by atoms with E-state index in [1.165, 1.54) is 13.2 Å². The first-order chi connectivity index (χ1) is 7.30. The number of nitriles is 1. The maximum Gasteiger partial charge on any atom is 0.414 e. The van der Waals surface area contributed by atoms with Gasteiger partial charge in [-0.25, -0.2) is 4.79 Å². The van der Waals surface area contributed by atoms with Crippen LogP contribution in [0, 0.1) is 11.3 Å². The van der Waals surface area contributed by atoms with Gasteiger partial charge in [-0.1, -0.05) is 5.16 Å². The quantitative estimate of drug-likeness (QED) is 0.548. The van der Waals surface area contributed by atoms with E-state index in [-0.39, 0.29) is 0 Å². The minimum absolute atomic E-state index is 0.562. The summed E-state index contributed by atoms with van der Waals surface area (Å²) in [5, 5.41) is 13.5. The number of carbonyl (C=O) groups excluding carboxylic acids is 2. The lowest BCUT2D eigenvalue weighted by Crippen LogP contribution is -2.39. The number of amides is 2. The Hall–Kier alpha value is -2.10. The third-order valence-corrected chi connectivity index (χ3v) is 1.12. The molecule has 7 nitrogen and oxygen atoms in total. The van der Waals surface area contributed by atoms with Gasteiger partial charge in [-0.3, -0.25) is 10.1 Å². The van der Waals surface area contributed by atoms with Gasteiger partial charge in [-0.05, 0) is 20.8 Å². The van der Waals surface area contributed by atoms with Gasteiger partial charge in [-0.15, -0.1) is 0 Å². The Morgan fingerprint density at radius 2 is 1.94 bits per heavy atom. The fraction of sp³-hybridized carbons (Fsp3) is 0.556. The molecule has 0 bridgehead atoms. The fourth-order valence-corrected chi connectivity index (χ4v) is 0.659. The highest BCUT2D eigenvalue weighted by molar-refractivity contribution is 6.46. The summed E-state index contributed by atoms with van der Waals surface area (Å²) in [5.74, 6) is -0.974. The molecule has 0 heterocycles. The van der Waals surface area contributed by atoms with Crippen LogP contribution in [0.4, 0.5) is 4.79 Å². The molecule has 0 saturated carbocycles. The molecule has 0 aliphatic rings. The first kappa shape index (κ1) is 13.9. The first-order valence-electron chi connectivity index (χ1n) is 4.35. The summed E-state index contributed by atoms with van der Waals surface area (Å²) in [6.07, 6.45) is -0.948. The summed E-state index contributed by atoms with van der Waals surface area (Å²) in [5.41, 5.74) is -1.29. The molecule has 0 aliphatic heterocycles. The summed E-state index contributed by atoms with van der Waals surface area (Å²) in [6, 6.07) is 1.48. The van der Waals surface area contributed by atoms with E-state index in [1.54, 1.807) is 20.8 Å². The Bertz CT molecular complexity index is 349. The highest BCUT2D eigenvalue weighted by Crippen LogP contribution is 2.06. The zero-order valence-corrected chi connectivity index (χ0v) is 9.53. The standard InChI is InChI=1S/C9H13N3O4/c1-9(2,3)16-8(14)11-7(13)6(5-10)12-15-4/h1-4H3,(H,11,13,14)/b12-6+. The van der Waals surface area contributed by atoms with Crippen LogP contribution < -0.4 is 5.32 Å². The summed E-state index contributed by atoms with van der Waals surface area (Å²) in [4.78, 5) is 26.6. The van der Waals surface area contributed by atoms with Crippen LogP contribution in [0.1, 0.15) is 20.8 Å². The van der Waals surface area contributed by atoms with Crippen molar-refractivity contribution in [3.8, 4) is 6.07 Å². The molecule has 0 unspecified atom stereocenters. The van der Waals surface area contributed by atoms with E-state index < -0.39 is 23.3 Å². The number of alkyl carbamates (subject to hydrolysis) is 1. The lowest BCUT2D eigenvalue weighted by molar-refractivity contribution is -0.114. The first-order valence-corrected chi connectivity index (χ1v) is 4.35. The second kappa shape index (κ2) is 5.70. The number of ether oxygens (including phenoxy) is 1. The average Bonchev–Trinajstić information content (AvgIpc) is 2.10. The van der Waals surface area contributed by atoms with Crippen molar-refractivity contribution in [3.63, 3.8) is 0 Å². The lowest BCUT2D eigenvalue weighted by Gasteiger charge is -2.18. The lowest BCUT2D eigenvalue weighted by atomic mass is 10.2. The van der Waals surface area contributed by atoms with Crippen LogP contribution in [0.25, 0.3) is 0 Å². The van der Waals surface area contributed by atoms with Crippen LogP contribution in [0.2, 0.25) is 0 Å². The van der Waals surface area contributed by atoms with E-state index in [2.05, 4.69) is 9.99 Å². The number of rotatable bonds is 2. The van der Waals surface area contributed by atoms with Crippen LogP contribution in [0.15, 0.2) is 5.16 Å². The maximum absolute atomic E-state index is 11.2. The number of oxime groups is 1. The minimum atomic E-state index is -0.974. The van der Waals surface area contributed by atoms with E-state index >= 15 is 0 Å². The van der Waals surface area contributed by atoms with Gasteiger partial charge in [0, 0.05) is 0 Å². The number of hydrogen-bond acceptors (Lipinski definition) is 6. The summed E-state index contributed by atoms with van der Waals surface area (Å²) in [7, 11) is 1.18. The topological polar surface area (TPSA) is 101 Å². The van der Waals surface area contributed by atoms with Crippen LogP contribution in [-0.4, -0.2) is 30.4 Å². The number of hydrogen-bond donors (Lipinski definition) is 1. The second-order valence-electron chi connectivity index (χ2n) is 3.69. The fourth-order valence-electron chi connectivity index (χ4n) is 0.659. The molecule has 0 radical (unpaired) electrons. The van der Waals surface area contributed by atoms with Crippen molar-refractivity contribution in [3.05, 3.63) is 0 Å². The van der Waals surface area contributed by atoms with E-state index in [1.807, 2.05) is 5.32 Å². The normalized spacial score (nSPS) is 11.3. The van der Waals surface area contributed by atoms with Gasteiger partial charge < -0.3 is 9.57 Å². The third-order valence-electron chi connectivity index (χ3n) is 1.12. The van der Waals surface area contributed by atoms with Gasteiger partial charge in [-0.2, -0.15) is 5.26 Å². The number of carbonyl (C=O) groups is 2. The predicted octanol–water partition coefficient (Wildman–Crippen LogP) is 0.564. The van der Waals surface area contributed by atoms with Crippen LogP contribution in [-0.2, 0) is 14.4 Å². The van der Waals surface area contributed by atoms with Gasteiger partial charge in [0.25, 0.3) is 5.91 Å². The van der Waals surface area contributed by atoms with E-state index in [0.717, 1.165) is 0 Å². The molecular formula is C9H13N3O4. The highest BCUT2D eigenvalue weighted by atomic mass is 16.6. The SMILES string of the molecule is CO/N=C(\C#N)C(=O)NC(=O)OC(C)(C)C. The zero-order valence-electron chi connectivity index (χ0n) is 9.53. The van der Waals surface area contributed by atoms with Crippen molar-refractivity contribution in [1.29, 1.82) is 5.26 Å². The highest BCUT2D eigenvalue weighted by Gasteiger charge is 2.20. The molecule has 0 spiro atoms. The molecule has 88 valence electrons. The van der Waals surface area contributed by atoms with Crippen LogP contribution in [0.3, 0.4) is 0 Å². The van der Waals surface area contributed by atoms with Gasteiger partial charge in [0.15, 0.2) is 0 Å². The molecule has 0 aromatic heterocycles. The van der Waals surface area contributed by atoms with Crippen molar-refractivity contribution >= 4 is 17.7 Å². The molecule has 0 saturated heterocycles. The molecule has 0 aliphatic carbocycles. The molecule has 0 aromatic carbocycles. The molecular weight excluding hydrogens is 214 g/mol. The zero-order chi connectivity index (χ0) is 12.8. The predicted molar refractivity (Wildman–Crippen MR) is 54.4 cm³/mol. The Kier molecular flexibility index (Phi) is 4.95. The number of imide groups is 1. The smallest absolute Gasteiger partial charge is 0.414 e. The van der Waals surface area contributed by atoms with E-state index in [9.17, 15) is 9.59 Å². The van der Waals surface area contributed by atoms with Gasteiger partial charge in [0.05, 0.1) is 0 Å². The molecule has 16 heavy (non-hydrogen) atoms. The molecule has 0 atom stereocenters. The molecule has 7 heteroatoms. The molecule has 0 aromatic rings. The average molecular weight is 227 g/mol. The van der Waals surface area contributed by atoms with Crippen LogP contribution in [0.5, 0.6) is 0 Å². The van der Waals surface area contributed by atoms with Crippen molar-refractivity contribution in [2.75, 3.05) is 7.11 Å². The van der Waals surface area contributed by atoms with Crippen LogP contribution >= 0.6 is 0 Å². The number of nitrogens with one attached hydrogen (secondary N) is 1. The Labute approximate surface area is 93.0 Å². The monoisotopic (exact) mass is 227 g/mol. The van der Waals surface area contributed by atoms with Gasteiger partial charge in [0.2, 0.25) is 5.71 Å². The van der Waals surface area contributed by atoms with Crippen molar-refractivity contribution in [1.82, 2.24) is 5.32 Å². The minimum Gasteiger partial charge on any atom is -0.444 e. The summed E-state index contributed by atoms with van der Waals surface area (Å²) in [6.45, 7) is 4.93. The van der Waals surface area contributed by atoms with Gasteiger partial charge in [0.1, 0.15) is 18.8 Å². The van der Waals surface area contributed by atoms with E-state index in [0.29, 0.717) is 0 Å².